The van der Waals surface area contributed by atoms with Crippen molar-refractivity contribution in [2.45, 2.75) is 26.2 Å². The first-order chi connectivity index (χ1) is 9.52. The van der Waals surface area contributed by atoms with Gasteiger partial charge in [-0.1, -0.05) is 31.9 Å². The maximum Gasteiger partial charge on any atom is 0.300 e. The van der Waals surface area contributed by atoms with Gasteiger partial charge in [0.2, 0.25) is 10.0 Å². The number of fused-ring (bicyclic) bond motifs is 1. The second-order valence-corrected chi connectivity index (χ2v) is 6.40. The molecule has 0 unspecified atom stereocenters. The van der Waals surface area contributed by atoms with Gasteiger partial charge in [0.05, 0.1) is 16.8 Å². The van der Waals surface area contributed by atoms with Crippen LogP contribution in [-0.4, -0.2) is 30.0 Å². The van der Waals surface area contributed by atoms with E-state index in [0.717, 1.165) is 12.8 Å². The zero-order valence-corrected chi connectivity index (χ0v) is 12.0. The number of carbonyl (C=O) groups is 1. The molecule has 0 aliphatic rings. The number of nitrogens with one attached hydrogen (secondary N) is 2. The van der Waals surface area contributed by atoms with Gasteiger partial charge in [-0.15, -0.1) is 0 Å². The van der Waals surface area contributed by atoms with Crippen LogP contribution in [-0.2, 0) is 10.0 Å². The summed E-state index contributed by atoms with van der Waals surface area (Å²) in [5.41, 5.74) is 1.32. The van der Waals surface area contributed by atoms with Crippen LogP contribution in [0.1, 0.15) is 36.8 Å². The highest BCUT2D eigenvalue weighted by Crippen LogP contribution is 2.10. The van der Waals surface area contributed by atoms with Gasteiger partial charge in [-0.2, -0.15) is 0 Å². The van der Waals surface area contributed by atoms with Crippen LogP contribution in [0.25, 0.3) is 11.0 Å². The maximum absolute atomic E-state index is 11.9. The monoisotopic (exact) mass is 295 g/mol. The number of sulfonamides is 1. The number of aromatic nitrogens is 2. The zero-order valence-electron chi connectivity index (χ0n) is 11.2. The SMILES string of the molecule is CCCCCS(=O)(=O)NC(=O)c1nc2ccccc2[nH]1. The van der Waals surface area contributed by atoms with E-state index in [2.05, 4.69) is 9.97 Å². The van der Waals surface area contributed by atoms with Crippen LogP contribution in [0.5, 0.6) is 0 Å². The van der Waals surface area contributed by atoms with Gasteiger partial charge in [0.15, 0.2) is 5.82 Å². The van der Waals surface area contributed by atoms with Gasteiger partial charge in [-0.25, -0.2) is 18.1 Å². The van der Waals surface area contributed by atoms with Crippen LogP contribution >= 0.6 is 0 Å². The average Bonchev–Trinajstić information content (AvgIpc) is 2.82. The topological polar surface area (TPSA) is 91.9 Å². The second-order valence-electron chi connectivity index (χ2n) is 4.56. The van der Waals surface area contributed by atoms with Crippen molar-refractivity contribution in [3.8, 4) is 0 Å². The molecule has 2 aromatic rings. The molecule has 1 aromatic heterocycles. The van der Waals surface area contributed by atoms with Crippen LogP contribution in [0.15, 0.2) is 24.3 Å². The Labute approximate surface area is 117 Å². The number of rotatable bonds is 6. The fraction of sp³-hybridized carbons (Fsp3) is 0.385. The van der Waals surface area contributed by atoms with Gasteiger partial charge in [0.1, 0.15) is 0 Å². The van der Waals surface area contributed by atoms with E-state index in [1.807, 2.05) is 17.7 Å². The third-order valence-electron chi connectivity index (χ3n) is 2.87. The quantitative estimate of drug-likeness (QED) is 0.795. The maximum atomic E-state index is 11.9. The number of amides is 1. The fourth-order valence-electron chi connectivity index (χ4n) is 1.84. The highest BCUT2D eigenvalue weighted by molar-refractivity contribution is 7.90. The molecule has 0 saturated carbocycles. The van der Waals surface area contributed by atoms with Crippen molar-refractivity contribution in [1.29, 1.82) is 0 Å². The first kappa shape index (κ1) is 14.5. The van der Waals surface area contributed by atoms with Gasteiger partial charge in [-0.05, 0) is 18.6 Å². The summed E-state index contributed by atoms with van der Waals surface area (Å²) in [5, 5.41) is 0. The number of aromatic amines is 1. The van der Waals surface area contributed by atoms with Crippen LogP contribution < -0.4 is 4.72 Å². The molecule has 2 rings (SSSR count). The summed E-state index contributed by atoms with van der Waals surface area (Å²) in [6.45, 7) is 1.99. The van der Waals surface area contributed by atoms with E-state index < -0.39 is 15.9 Å². The Kier molecular flexibility index (Phi) is 4.39. The Balaban J connectivity index is 2.07. The Hall–Kier alpha value is -1.89. The molecule has 0 atom stereocenters. The zero-order chi connectivity index (χ0) is 14.6. The molecule has 0 aliphatic heterocycles. The minimum atomic E-state index is -3.60. The highest BCUT2D eigenvalue weighted by Gasteiger charge is 2.18. The minimum Gasteiger partial charge on any atom is -0.334 e. The molecule has 0 spiro atoms. The van der Waals surface area contributed by atoms with Crippen LogP contribution in [0.4, 0.5) is 0 Å². The Morgan fingerprint density at radius 3 is 2.75 bits per heavy atom. The lowest BCUT2D eigenvalue weighted by molar-refractivity contribution is 0.0972. The molecular weight excluding hydrogens is 278 g/mol. The Morgan fingerprint density at radius 2 is 2.05 bits per heavy atom. The van der Waals surface area contributed by atoms with Crippen molar-refractivity contribution in [3.05, 3.63) is 30.1 Å². The van der Waals surface area contributed by atoms with E-state index in [4.69, 9.17) is 0 Å². The lowest BCUT2D eigenvalue weighted by Crippen LogP contribution is -2.33. The van der Waals surface area contributed by atoms with Crippen molar-refractivity contribution in [3.63, 3.8) is 0 Å². The normalized spacial score (nSPS) is 11.7. The Bertz CT molecular complexity index is 673. The van der Waals surface area contributed by atoms with Crippen LogP contribution in [0.2, 0.25) is 0 Å². The predicted octanol–water partition coefficient (Wildman–Crippen LogP) is 1.81. The number of unbranched alkanes of at least 4 members (excludes halogenated alkanes) is 2. The highest BCUT2D eigenvalue weighted by atomic mass is 32.2. The first-order valence-electron chi connectivity index (χ1n) is 6.51. The summed E-state index contributed by atoms with van der Waals surface area (Å²) in [7, 11) is -3.60. The largest absolute Gasteiger partial charge is 0.334 e. The molecule has 0 aliphatic carbocycles. The van der Waals surface area contributed by atoms with Gasteiger partial charge in [0, 0.05) is 0 Å². The molecule has 0 saturated heterocycles. The summed E-state index contributed by atoms with van der Waals surface area (Å²) in [6.07, 6.45) is 2.28. The van der Waals surface area contributed by atoms with E-state index in [9.17, 15) is 13.2 Å². The number of carbonyl (C=O) groups excluding carboxylic acids is 1. The summed E-state index contributed by atoms with van der Waals surface area (Å²) in [6, 6.07) is 7.13. The number of imidazole rings is 1. The van der Waals surface area contributed by atoms with Gasteiger partial charge < -0.3 is 4.98 Å². The second kappa shape index (κ2) is 6.04. The molecule has 20 heavy (non-hydrogen) atoms. The number of para-hydroxylation sites is 2. The molecule has 0 fully saturated rings. The molecule has 6 nitrogen and oxygen atoms in total. The predicted molar refractivity (Wildman–Crippen MR) is 76.9 cm³/mol. The first-order valence-corrected chi connectivity index (χ1v) is 8.16. The van der Waals surface area contributed by atoms with E-state index in [-0.39, 0.29) is 11.6 Å². The Morgan fingerprint density at radius 1 is 1.30 bits per heavy atom. The fourth-order valence-corrected chi connectivity index (χ4v) is 2.91. The van der Waals surface area contributed by atoms with E-state index in [0.29, 0.717) is 17.5 Å². The molecule has 1 aromatic carbocycles. The van der Waals surface area contributed by atoms with Crippen molar-refractivity contribution < 1.29 is 13.2 Å². The van der Waals surface area contributed by atoms with Crippen LogP contribution in [0, 0.1) is 0 Å². The van der Waals surface area contributed by atoms with Gasteiger partial charge >= 0.3 is 5.91 Å². The van der Waals surface area contributed by atoms with E-state index >= 15 is 0 Å². The summed E-state index contributed by atoms with van der Waals surface area (Å²) in [4.78, 5) is 18.7. The van der Waals surface area contributed by atoms with Crippen molar-refractivity contribution in [2.24, 2.45) is 0 Å². The summed E-state index contributed by atoms with van der Waals surface area (Å²) >= 11 is 0. The van der Waals surface area contributed by atoms with Gasteiger partial charge in [0.25, 0.3) is 0 Å². The standard InChI is InChI=1S/C13H17N3O3S/c1-2-3-6-9-20(18,19)16-13(17)12-14-10-7-4-5-8-11(10)15-12/h4-5,7-8H,2-3,6,9H2,1H3,(H,14,15)(H,16,17). The van der Waals surface area contributed by atoms with Crippen molar-refractivity contribution in [1.82, 2.24) is 14.7 Å². The number of H-pyrrole nitrogens is 1. The van der Waals surface area contributed by atoms with Crippen molar-refractivity contribution >= 4 is 27.0 Å². The molecule has 1 heterocycles. The van der Waals surface area contributed by atoms with Crippen molar-refractivity contribution in [2.75, 3.05) is 5.75 Å². The van der Waals surface area contributed by atoms with Gasteiger partial charge in [-0.3, -0.25) is 4.79 Å². The lowest BCUT2D eigenvalue weighted by atomic mass is 10.3. The summed E-state index contributed by atoms with van der Waals surface area (Å²) in [5.74, 6) is -0.768. The van der Waals surface area contributed by atoms with E-state index in [1.54, 1.807) is 18.2 Å². The smallest absolute Gasteiger partial charge is 0.300 e. The minimum absolute atomic E-state index is 0.00488. The third kappa shape index (κ3) is 3.57. The van der Waals surface area contributed by atoms with Crippen LogP contribution in [0.3, 0.4) is 0 Å². The lowest BCUT2D eigenvalue weighted by Gasteiger charge is -2.04. The molecule has 0 bridgehead atoms. The molecule has 2 N–H and O–H groups in total. The molecule has 7 heteroatoms. The molecule has 1 amide bonds. The molecule has 108 valence electrons. The average molecular weight is 295 g/mol. The van der Waals surface area contributed by atoms with E-state index in [1.165, 1.54) is 0 Å². The number of benzene rings is 1. The molecule has 0 radical (unpaired) electrons. The third-order valence-corrected chi connectivity index (χ3v) is 4.19. The number of hydrogen-bond acceptors (Lipinski definition) is 4. The number of hydrogen-bond donors (Lipinski definition) is 2. The summed E-state index contributed by atoms with van der Waals surface area (Å²) < 4.78 is 25.5. The number of nitrogens with zero attached hydrogens (tertiary/aromatic N) is 1. The molecular formula is C13H17N3O3S.